The number of unbranched alkanes of at least 4 members (excludes halogenated alkanes) is 2. The van der Waals surface area contributed by atoms with E-state index in [2.05, 4.69) is 13.8 Å². The molecule has 0 aromatic rings. The second-order valence-electron chi connectivity index (χ2n) is 6.99. The van der Waals surface area contributed by atoms with Crippen LogP contribution in [0.25, 0.3) is 0 Å². The summed E-state index contributed by atoms with van der Waals surface area (Å²) >= 11 is 0. The second kappa shape index (κ2) is 11.5. The van der Waals surface area contributed by atoms with Crippen LogP contribution in [0.1, 0.15) is 84.5 Å². The van der Waals surface area contributed by atoms with E-state index in [1.54, 1.807) is 0 Å². The van der Waals surface area contributed by atoms with E-state index in [-0.39, 0.29) is 17.8 Å². The van der Waals surface area contributed by atoms with Crippen LogP contribution in [0.2, 0.25) is 0 Å². The van der Waals surface area contributed by atoms with Crippen LogP contribution < -0.4 is 0 Å². The van der Waals surface area contributed by atoms with Crippen molar-refractivity contribution in [3.8, 4) is 0 Å². The molecule has 1 aliphatic carbocycles. The van der Waals surface area contributed by atoms with Crippen molar-refractivity contribution in [1.29, 1.82) is 0 Å². The molecular weight excluding hydrogens is 292 g/mol. The first-order valence-electron chi connectivity index (χ1n) is 9.47. The number of carboxylic acid groups (broad SMARTS) is 1. The van der Waals surface area contributed by atoms with E-state index in [1.165, 1.54) is 38.5 Å². The minimum absolute atomic E-state index is 0.0877. The summed E-state index contributed by atoms with van der Waals surface area (Å²) in [6.45, 7) is 4.95. The molecule has 0 amide bonds. The first-order valence-corrected chi connectivity index (χ1v) is 9.47. The third-order valence-electron chi connectivity index (χ3n) is 5.09. The Kier molecular flexibility index (Phi) is 9.97. The van der Waals surface area contributed by atoms with Crippen molar-refractivity contribution >= 4 is 11.9 Å². The molecule has 4 heteroatoms. The smallest absolute Gasteiger partial charge is 0.308 e. The quantitative estimate of drug-likeness (QED) is 0.437. The highest BCUT2D eigenvalue weighted by Gasteiger charge is 2.30. The molecule has 134 valence electrons. The Balaban J connectivity index is 2.22. The van der Waals surface area contributed by atoms with Crippen molar-refractivity contribution in [2.45, 2.75) is 84.5 Å². The van der Waals surface area contributed by atoms with Gasteiger partial charge < -0.3 is 9.84 Å². The van der Waals surface area contributed by atoms with E-state index in [1.807, 2.05) is 0 Å². The fourth-order valence-corrected chi connectivity index (χ4v) is 3.54. The maximum absolute atomic E-state index is 12.1. The number of aliphatic carboxylic acids is 1. The molecule has 0 radical (unpaired) electrons. The van der Waals surface area contributed by atoms with Gasteiger partial charge in [0.25, 0.3) is 0 Å². The largest absolute Gasteiger partial charge is 0.481 e. The van der Waals surface area contributed by atoms with Crippen molar-refractivity contribution in [2.75, 3.05) is 6.61 Å². The minimum Gasteiger partial charge on any atom is -0.481 e. The standard InChI is InChI=1S/C19H34O4/c1-3-5-6-8-15(7-4-2)13-14-23-19(22)17-11-9-16(10-12-17)18(20)21/h15-17H,3-14H2,1-2H3,(H,20,21). The molecule has 1 aliphatic rings. The third kappa shape index (κ3) is 7.85. The molecule has 0 aliphatic heterocycles. The van der Waals surface area contributed by atoms with Crippen molar-refractivity contribution < 1.29 is 19.4 Å². The van der Waals surface area contributed by atoms with Crippen LogP contribution in [0.15, 0.2) is 0 Å². The van der Waals surface area contributed by atoms with Gasteiger partial charge in [-0.25, -0.2) is 0 Å². The van der Waals surface area contributed by atoms with Crippen LogP contribution in [-0.4, -0.2) is 23.7 Å². The zero-order valence-electron chi connectivity index (χ0n) is 14.9. The summed E-state index contributed by atoms with van der Waals surface area (Å²) in [5, 5.41) is 8.99. The molecule has 0 saturated heterocycles. The molecule has 1 N–H and O–H groups in total. The lowest BCUT2D eigenvalue weighted by Crippen LogP contribution is -2.27. The summed E-state index contributed by atoms with van der Waals surface area (Å²) in [6.07, 6.45) is 10.9. The molecule has 1 rings (SSSR count). The molecule has 0 heterocycles. The highest BCUT2D eigenvalue weighted by atomic mass is 16.5. The van der Waals surface area contributed by atoms with Gasteiger partial charge in [0.05, 0.1) is 18.4 Å². The molecule has 1 fully saturated rings. The molecule has 0 bridgehead atoms. The lowest BCUT2D eigenvalue weighted by atomic mass is 9.82. The van der Waals surface area contributed by atoms with Crippen molar-refractivity contribution in [3.05, 3.63) is 0 Å². The lowest BCUT2D eigenvalue weighted by molar-refractivity contribution is -0.153. The maximum atomic E-state index is 12.1. The van der Waals surface area contributed by atoms with Crippen LogP contribution in [0.5, 0.6) is 0 Å². The number of hydrogen-bond acceptors (Lipinski definition) is 3. The minimum atomic E-state index is -0.730. The summed E-state index contributed by atoms with van der Waals surface area (Å²) in [4.78, 5) is 23.0. The van der Waals surface area contributed by atoms with Crippen LogP contribution in [0.4, 0.5) is 0 Å². The SMILES string of the molecule is CCCCCC(CCC)CCOC(=O)C1CCC(C(=O)O)CC1. The van der Waals surface area contributed by atoms with Gasteiger partial charge in [-0.1, -0.05) is 52.4 Å². The van der Waals surface area contributed by atoms with Crippen molar-refractivity contribution in [1.82, 2.24) is 0 Å². The average molecular weight is 326 g/mol. The fraction of sp³-hybridized carbons (Fsp3) is 0.895. The van der Waals surface area contributed by atoms with Gasteiger partial charge in [-0.2, -0.15) is 0 Å². The molecule has 0 aromatic carbocycles. The number of carboxylic acids is 1. The summed E-state index contributed by atoms with van der Waals surface area (Å²) < 4.78 is 5.47. The number of carbonyl (C=O) groups excluding carboxylic acids is 1. The number of esters is 1. The number of rotatable bonds is 11. The second-order valence-corrected chi connectivity index (χ2v) is 6.99. The topological polar surface area (TPSA) is 63.6 Å². The monoisotopic (exact) mass is 326 g/mol. The molecule has 0 aromatic heterocycles. The van der Waals surface area contributed by atoms with Gasteiger partial charge in [0.15, 0.2) is 0 Å². The van der Waals surface area contributed by atoms with E-state index in [0.717, 1.165) is 6.42 Å². The Hall–Kier alpha value is -1.06. The van der Waals surface area contributed by atoms with Crippen LogP contribution in [-0.2, 0) is 14.3 Å². The normalized spacial score (nSPS) is 22.5. The zero-order chi connectivity index (χ0) is 17.1. The predicted molar refractivity (Wildman–Crippen MR) is 91.2 cm³/mol. The first kappa shape index (κ1) is 20.0. The number of carbonyl (C=O) groups is 2. The summed E-state index contributed by atoms with van der Waals surface area (Å²) in [5.41, 5.74) is 0. The predicted octanol–water partition coefficient (Wildman–Crippen LogP) is 4.81. The van der Waals surface area contributed by atoms with Gasteiger partial charge in [0.2, 0.25) is 0 Å². The van der Waals surface area contributed by atoms with Gasteiger partial charge in [-0.3, -0.25) is 9.59 Å². The Morgan fingerprint density at radius 1 is 0.957 bits per heavy atom. The fourth-order valence-electron chi connectivity index (χ4n) is 3.54. The lowest BCUT2D eigenvalue weighted by Gasteiger charge is -2.25. The van der Waals surface area contributed by atoms with Gasteiger partial charge in [-0.05, 0) is 38.0 Å². The third-order valence-corrected chi connectivity index (χ3v) is 5.09. The highest BCUT2D eigenvalue weighted by Crippen LogP contribution is 2.30. The zero-order valence-corrected chi connectivity index (χ0v) is 14.9. The highest BCUT2D eigenvalue weighted by molar-refractivity contribution is 5.74. The van der Waals surface area contributed by atoms with E-state index in [0.29, 0.717) is 38.2 Å². The molecule has 1 atom stereocenters. The van der Waals surface area contributed by atoms with Gasteiger partial charge in [-0.15, -0.1) is 0 Å². The Morgan fingerprint density at radius 3 is 2.17 bits per heavy atom. The van der Waals surface area contributed by atoms with E-state index >= 15 is 0 Å². The summed E-state index contributed by atoms with van der Waals surface area (Å²) in [6, 6.07) is 0. The molecule has 4 nitrogen and oxygen atoms in total. The maximum Gasteiger partial charge on any atom is 0.308 e. The van der Waals surface area contributed by atoms with Crippen molar-refractivity contribution in [3.63, 3.8) is 0 Å². The van der Waals surface area contributed by atoms with E-state index in [4.69, 9.17) is 9.84 Å². The van der Waals surface area contributed by atoms with Gasteiger partial charge >= 0.3 is 11.9 Å². The van der Waals surface area contributed by atoms with E-state index in [9.17, 15) is 9.59 Å². The van der Waals surface area contributed by atoms with Crippen LogP contribution >= 0.6 is 0 Å². The van der Waals surface area contributed by atoms with Crippen LogP contribution in [0, 0.1) is 17.8 Å². The van der Waals surface area contributed by atoms with Gasteiger partial charge in [0, 0.05) is 0 Å². The summed E-state index contributed by atoms with van der Waals surface area (Å²) in [5.74, 6) is -0.534. The Bertz CT molecular complexity index is 345. The molecular formula is C19H34O4. The first-order chi connectivity index (χ1) is 11.1. The summed E-state index contributed by atoms with van der Waals surface area (Å²) in [7, 11) is 0. The molecule has 0 spiro atoms. The Labute approximate surface area is 141 Å². The number of hydrogen-bond donors (Lipinski definition) is 1. The van der Waals surface area contributed by atoms with E-state index < -0.39 is 5.97 Å². The van der Waals surface area contributed by atoms with Crippen molar-refractivity contribution in [2.24, 2.45) is 17.8 Å². The molecule has 23 heavy (non-hydrogen) atoms. The van der Waals surface area contributed by atoms with Gasteiger partial charge in [0.1, 0.15) is 0 Å². The number of ether oxygens (including phenoxy) is 1. The molecule has 1 unspecified atom stereocenters. The Morgan fingerprint density at radius 2 is 1.61 bits per heavy atom. The molecule has 1 saturated carbocycles. The van der Waals surface area contributed by atoms with Crippen LogP contribution in [0.3, 0.4) is 0 Å². The average Bonchev–Trinajstić information content (AvgIpc) is 2.55.